The highest BCUT2D eigenvalue weighted by atomic mass is 32.1. The van der Waals surface area contributed by atoms with Crippen molar-refractivity contribution in [3.05, 3.63) is 22.7 Å². The van der Waals surface area contributed by atoms with E-state index in [-0.39, 0.29) is 12.3 Å². The van der Waals surface area contributed by atoms with Crippen LogP contribution in [0, 0.1) is 5.92 Å². The van der Waals surface area contributed by atoms with Gasteiger partial charge < -0.3 is 14.5 Å². The molecule has 1 aliphatic rings. The fourth-order valence-corrected chi connectivity index (χ4v) is 3.53. The van der Waals surface area contributed by atoms with E-state index in [1.807, 2.05) is 23.8 Å². The Kier molecular flexibility index (Phi) is 4.94. The summed E-state index contributed by atoms with van der Waals surface area (Å²) in [5.41, 5.74) is 0.886. The second kappa shape index (κ2) is 7.12. The average molecular weight is 349 g/mol. The lowest BCUT2D eigenvalue weighted by atomic mass is 9.92. The number of amides is 1. The summed E-state index contributed by atoms with van der Waals surface area (Å²) in [5.74, 6) is 0.104. The molecule has 0 bridgehead atoms. The molecule has 3 rings (SSSR count). The minimum absolute atomic E-state index is 0.170. The van der Waals surface area contributed by atoms with Crippen molar-refractivity contribution in [2.24, 2.45) is 5.92 Å². The second-order valence-corrected chi connectivity index (χ2v) is 6.87. The van der Waals surface area contributed by atoms with Gasteiger partial charge in [0.2, 0.25) is 17.6 Å². The summed E-state index contributed by atoms with van der Waals surface area (Å²) in [6.45, 7) is 2.50. The van der Waals surface area contributed by atoms with Gasteiger partial charge in [-0.15, -0.1) is 0 Å². The Morgan fingerprint density at radius 3 is 3.04 bits per heavy atom. The van der Waals surface area contributed by atoms with Gasteiger partial charge in [0.1, 0.15) is 6.04 Å². The molecule has 24 heavy (non-hydrogen) atoms. The molecular formula is C16H19N3O4S. The van der Waals surface area contributed by atoms with Crippen molar-refractivity contribution in [2.45, 2.75) is 38.6 Å². The van der Waals surface area contributed by atoms with Crippen LogP contribution < -0.4 is 0 Å². The number of hydrogen-bond acceptors (Lipinski definition) is 6. The van der Waals surface area contributed by atoms with Crippen LogP contribution in [0.1, 0.15) is 32.1 Å². The summed E-state index contributed by atoms with van der Waals surface area (Å²) in [5, 5.41) is 17.1. The monoisotopic (exact) mass is 349 g/mol. The second-order valence-electron chi connectivity index (χ2n) is 6.09. The van der Waals surface area contributed by atoms with Crippen LogP contribution in [0.4, 0.5) is 0 Å². The number of aliphatic carboxylic acids is 1. The first-order valence-corrected chi connectivity index (χ1v) is 8.86. The van der Waals surface area contributed by atoms with Crippen LogP contribution in [0.15, 0.2) is 21.3 Å². The average Bonchev–Trinajstić information content (AvgIpc) is 3.23. The molecule has 128 valence electrons. The maximum Gasteiger partial charge on any atom is 0.326 e. The van der Waals surface area contributed by atoms with Crippen molar-refractivity contribution < 1.29 is 19.2 Å². The molecule has 1 saturated heterocycles. The van der Waals surface area contributed by atoms with Crippen LogP contribution in [-0.2, 0) is 16.0 Å². The molecule has 1 fully saturated rings. The third kappa shape index (κ3) is 3.64. The van der Waals surface area contributed by atoms with E-state index in [9.17, 15) is 14.7 Å². The third-order valence-electron chi connectivity index (χ3n) is 4.27. The van der Waals surface area contributed by atoms with E-state index in [0.717, 1.165) is 12.0 Å². The van der Waals surface area contributed by atoms with Gasteiger partial charge in [-0.2, -0.15) is 16.3 Å². The van der Waals surface area contributed by atoms with Crippen molar-refractivity contribution >= 4 is 23.2 Å². The lowest BCUT2D eigenvalue weighted by Gasteiger charge is -2.36. The zero-order chi connectivity index (χ0) is 17.1. The maximum absolute atomic E-state index is 12.4. The number of carboxylic acid groups (broad SMARTS) is 1. The number of aryl methyl sites for hydroxylation is 1. The zero-order valence-corrected chi connectivity index (χ0v) is 14.2. The van der Waals surface area contributed by atoms with Crippen LogP contribution in [0.3, 0.4) is 0 Å². The van der Waals surface area contributed by atoms with Crippen LogP contribution in [0.5, 0.6) is 0 Å². The fraction of sp³-hybridized carbons (Fsp3) is 0.500. The van der Waals surface area contributed by atoms with Crippen molar-refractivity contribution in [1.82, 2.24) is 15.0 Å². The highest BCUT2D eigenvalue weighted by Gasteiger charge is 2.34. The Bertz CT molecular complexity index is 713. The van der Waals surface area contributed by atoms with Crippen LogP contribution in [-0.4, -0.2) is 44.6 Å². The molecule has 8 heteroatoms. The SMILES string of the molecule is CC1CCN(C(=O)CCc2nc(-c3ccsc3)no2)C(C(=O)O)C1. The highest BCUT2D eigenvalue weighted by molar-refractivity contribution is 7.08. The molecule has 0 radical (unpaired) electrons. The van der Waals surface area contributed by atoms with E-state index in [0.29, 0.717) is 37.0 Å². The van der Waals surface area contributed by atoms with E-state index in [1.165, 1.54) is 4.90 Å². The normalized spacial score (nSPS) is 21.0. The molecule has 7 nitrogen and oxygen atoms in total. The minimum atomic E-state index is -0.938. The Morgan fingerprint density at radius 2 is 2.33 bits per heavy atom. The zero-order valence-electron chi connectivity index (χ0n) is 13.3. The molecule has 2 atom stereocenters. The van der Waals surface area contributed by atoms with Gasteiger partial charge in [-0.05, 0) is 30.2 Å². The molecule has 1 aliphatic heterocycles. The molecule has 0 saturated carbocycles. The number of nitrogens with zero attached hydrogens (tertiary/aromatic N) is 3. The minimum Gasteiger partial charge on any atom is -0.480 e. The summed E-state index contributed by atoms with van der Waals surface area (Å²) in [6.07, 6.45) is 1.82. The topological polar surface area (TPSA) is 96.5 Å². The van der Waals surface area contributed by atoms with E-state index in [1.54, 1.807) is 11.3 Å². The predicted molar refractivity (Wildman–Crippen MR) is 87.5 cm³/mol. The van der Waals surface area contributed by atoms with Crippen molar-refractivity contribution in [2.75, 3.05) is 6.54 Å². The largest absolute Gasteiger partial charge is 0.480 e. The summed E-state index contributed by atoms with van der Waals surface area (Å²) in [4.78, 5) is 29.5. The van der Waals surface area contributed by atoms with Gasteiger partial charge >= 0.3 is 5.97 Å². The molecule has 1 amide bonds. The Balaban J connectivity index is 1.60. The quantitative estimate of drug-likeness (QED) is 0.890. The molecular weight excluding hydrogens is 330 g/mol. The first kappa shape index (κ1) is 16.6. The molecule has 0 aliphatic carbocycles. The summed E-state index contributed by atoms with van der Waals surface area (Å²) in [7, 11) is 0. The molecule has 0 spiro atoms. The lowest BCUT2D eigenvalue weighted by Crippen LogP contribution is -2.49. The number of carbonyl (C=O) groups is 2. The molecule has 2 unspecified atom stereocenters. The number of piperidine rings is 1. The van der Waals surface area contributed by atoms with E-state index >= 15 is 0 Å². The van der Waals surface area contributed by atoms with E-state index in [2.05, 4.69) is 10.1 Å². The van der Waals surface area contributed by atoms with Gasteiger partial charge in [0.25, 0.3) is 0 Å². The smallest absolute Gasteiger partial charge is 0.326 e. The predicted octanol–water partition coefficient (Wildman–Crippen LogP) is 2.44. The molecule has 3 heterocycles. The van der Waals surface area contributed by atoms with Crippen LogP contribution in [0.2, 0.25) is 0 Å². The van der Waals surface area contributed by atoms with Gasteiger partial charge in [0, 0.05) is 30.3 Å². The molecule has 2 aromatic heterocycles. The van der Waals surface area contributed by atoms with Crippen LogP contribution in [0.25, 0.3) is 11.4 Å². The highest BCUT2D eigenvalue weighted by Crippen LogP contribution is 2.24. The van der Waals surface area contributed by atoms with Crippen LogP contribution >= 0.6 is 11.3 Å². The number of aromatic nitrogens is 2. The van der Waals surface area contributed by atoms with Gasteiger partial charge in [-0.3, -0.25) is 4.79 Å². The Morgan fingerprint density at radius 1 is 1.50 bits per heavy atom. The summed E-state index contributed by atoms with van der Waals surface area (Å²) >= 11 is 1.55. The van der Waals surface area contributed by atoms with Crippen molar-refractivity contribution in [3.8, 4) is 11.4 Å². The number of rotatable bonds is 5. The summed E-state index contributed by atoms with van der Waals surface area (Å²) in [6, 6.07) is 1.17. The Labute approximate surface area is 143 Å². The van der Waals surface area contributed by atoms with Gasteiger partial charge in [0.15, 0.2) is 0 Å². The maximum atomic E-state index is 12.4. The number of hydrogen-bond donors (Lipinski definition) is 1. The molecule has 1 N–H and O–H groups in total. The first-order valence-electron chi connectivity index (χ1n) is 7.92. The fourth-order valence-electron chi connectivity index (χ4n) is 2.90. The molecule has 0 aromatic carbocycles. The van der Waals surface area contributed by atoms with E-state index < -0.39 is 12.0 Å². The van der Waals surface area contributed by atoms with Crippen molar-refractivity contribution in [1.29, 1.82) is 0 Å². The number of carboxylic acids is 1. The first-order chi connectivity index (χ1) is 11.5. The van der Waals surface area contributed by atoms with Gasteiger partial charge in [-0.25, -0.2) is 4.79 Å². The number of carbonyl (C=O) groups excluding carboxylic acids is 1. The number of likely N-dealkylation sites (tertiary alicyclic amines) is 1. The third-order valence-corrected chi connectivity index (χ3v) is 4.95. The lowest BCUT2D eigenvalue weighted by molar-refractivity contribution is -0.153. The standard InChI is InChI=1S/C16H19N3O4S/c1-10-4-6-19(12(8-10)16(21)22)14(20)3-2-13-17-15(18-23-13)11-5-7-24-9-11/h5,7,9-10,12H,2-4,6,8H2,1H3,(H,21,22). The van der Waals surface area contributed by atoms with Gasteiger partial charge in [0.05, 0.1) is 0 Å². The van der Waals surface area contributed by atoms with Crippen molar-refractivity contribution in [3.63, 3.8) is 0 Å². The summed E-state index contributed by atoms with van der Waals surface area (Å²) < 4.78 is 5.17. The van der Waals surface area contributed by atoms with E-state index in [4.69, 9.17) is 4.52 Å². The Hall–Kier alpha value is -2.22. The number of thiophene rings is 1. The molecule has 2 aromatic rings. The van der Waals surface area contributed by atoms with Gasteiger partial charge in [-0.1, -0.05) is 12.1 Å².